The summed E-state index contributed by atoms with van der Waals surface area (Å²) in [7, 11) is 1.49. The molecule has 0 saturated heterocycles. The number of aliphatic carboxylic acids is 1. The molecule has 5 atom stereocenters. The summed E-state index contributed by atoms with van der Waals surface area (Å²) in [6, 6.07) is 23.4. The minimum atomic E-state index is -1.50. The third-order valence-corrected chi connectivity index (χ3v) is 17.5. The molecule has 3 unspecified atom stereocenters. The summed E-state index contributed by atoms with van der Waals surface area (Å²) in [5.74, 6) is -6.30. The molecule has 5 aromatic rings. The van der Waals surface area contributed by atoms with Crippen LogP contribution >= 0.6 is 11.6 Å². The number of alkyl halides is 1. The molecule has 1 fully saturated rings. The van der Waals surface area contributed by atoms with E-state index < -0.39 is 104 Å². The van der Waals surface area contributed by atoms with Gasteiger partial charge in [-0.15, -0.1) is 11.6 Å². The predicted octanol–water partition coefficient (Wildman–Crippen LogP) is 3.99. The molecule has 28 heteroatoms. The number of nitrogens with zero attached hydrogens (tertiary/aromatic N) is 4. The Hall–Kier alpha value is -10.5. The van der Waals surface area contributed by atoms with Crippen molar-refractivity contribution in [2.75, 3.05) is 75.8 Å². The fourth-order valence-corrected chi connectivity index (χ4v) is 12.2. The Labute approximate surface area is 562 Å². The number of aliphatic imine (C=N–C) groups is 1. The van der Waals surface area contributed by atoms with Gasteiger partial charge in [-0.25, -0.2) is 0 Å². The fraction of sp³-hybridized carbons (Fsp3) is 0.362. The first kappa shape index (κ1) is 69.3. The van der Waals surface area contributed by atoms with Crippen LogP contribution in [0.25, 0.3) is 16.3 Å². The molecule has 0 spiro atoms. The summed E-state index contributed by atoms with van der Waals surface area (Å²) in [6.07, 6.45) is 8.48. The predicted molar refractivity (Wildman–Crippen MR) is 356 cm³/mol. The number of hydrogen-bond acceptors (Lipinski definition) is 17. The molecule has 0 radical (unpaired) electrons. The highest BCUT2D eigenvalue weighted by Crippen LogP contribution is 2.47. The zero-order valence-electron chi connectivity index (χ0n) is 53.2. The number of carboxylic acid groups (broad SMARTS) is 1. The molecule has 9 N–H and O–H groups in total. The average Bonchev–Trinajstić information content (AvgIpc) is 1.64. The van der Waals surface area contributed by atoms with Gasteiger partial charge >= 0.3 is 5.97 Å². The largest absolute Gasteiger partial charge is 0.507 e. The number of rotatable bonds is 32. The number of imide groups is 1. The molecular weight excluding hydrogens is 1270 g/mol. The molecule has 5 aliphatic rings. The summed E-state index contributed by atoms with van der Waals surface area (Å²) in [5.41, 5.74) is 6.25. The third-order valence-electron chi connectivity index (χ3n) is 17.1. The molecule has 4 aliphatic heterocycles. The van der Waals surface area contributed by atoms with E-state index in [1.807, 2.05) is 37.3 Å². The van der Waals surface area contributed by atoms with Crippen LogP contribution in [-0.4, -0.2) is 181 Å². The van der Waals surface area contributed by atoms with E-state index in [0.29, 0.717) is 82.7 Å². The highest BCUT2D eigenvalue weighted by molar-refractivity contribution is 6.19. The SMILES string of the molecule is COc1cc2c(cc1OCCCCC(=O)N1CC(CCl)c3c1cc(O)c1cccc(C)c31)N=C[C@@H]1CC(c3ccc(NC(=O)C(CC4CC4)OCNC(=O)CNC(=O)[C@H](Cc4ccccc4)NC(=O)CNC(=O)CNC(=O)C(CNCC(=O)O)N4C(=O)C=CC4=O)cc3)=CN1C2=O. The number of unbranched alkanes of at least 4 members (excludes halogenated alkanes) is 1. The number of carbonyl (C=O) groups excluding carboxylic acids is 10. The third kappa shape index (κ3) is 17.3. The number of ether oxygens (including phenoxy) is 3. The minimum Gasteiger partial charge on any atom is -0.507 e. The quantitative estimate of drug-likeness (QED) is 0.0127. The lowest BCUT2D eigenvalue weighted by Gasteiger charge is -2.25. The monoisotopic (exact) mass is 1350 g/mol. The van der Waals surface area contributed by atoms with Crippen LogP contribution < -0.4 is 51.6 Å². The maximum atomic E-state index is 14.2. The highest BCUT2D eigenvalue weighted by Gasteiger charge is 2.39. The van der Waals surface area contributed by atoms with Crippen molar-refractivity contribution in [1.82, 2.24) is 41.7 Å². The standard InChI is InChI=1S/C69H74ClN11O16/c1-39-9-8-12-47-53(82)28-51-65(64(39)47)44(29-70)37-80(51)60(86)13-6-7-22-96-55-27-49-48(26-54(55)95-2)69(94)79-36-43(25-46(79)30-72-49)42-16-18-45(19-17-42)77-68(93)56(24-41-14-15-41)97-38-76-58(84)33-74-66(91)50(23-40-10-4-3-5-11-40)78-59(85)34-73-57(83)32-75-67(92)52(31-71-35-63(89)90)81-61(87)20-21-62(81)88/h3-5,8-12,16-21,26-28,30,36,41,44,46,50,52,56,71,82H,6-7,13-15,22-25,29,31-35,37-38H2,1-2H3,(H,73,83)(H,74,91)(H,75,92)(H,76,84)(H,77,93)(H,78,85)(H,89,90)/t44?,46-,50-,52?,56?/m0/s1. The van der Waals surface area contributed by atoms with Crippen molar-refractivity contribution in [1.29, 1.82) is 0 Å². The van der Waals surface area contributed by atoms with Gasteiger partial charge < -0.3 is 71.4 Å². The number of phenols is 1. The Morgan fingerprint density at radius 2 is 1.51 bits per heavy atom. The van der Waals surface area contributed by atoms with Gasteiger partial charge in [-0.2, -0.15) is 0 Å². The van der Waals surface area contributed by atoms with Gasteiger partial charge in [-0.3, -0.25) is 62.6 Å². The number of phenolic OH excluding ortho intramolecular Hbond substituents is 1. The second-order valence-electron chi connectivity index (χ2n) is 24.0. The van der Waals surface area contributed by atoms with Gasteiger partial charge in [0.1, 0.15) is 30.7 Å². The van der Waals surface area contributed by atoms with E-state index in [0.717, 1.165) is 58.0 Å². The van der Waals surface area contributed by atoms with Crippen molar-refractivity contribution in [2.45, 2.75) is 88.4 Å². The molecule has 0 aromatic heterocycles. The zero-order chi connectivity index (χ0) is 68.9. The van der Waals surface area contributed by atoms with Crippen LogP contribution in [0.4, 0.5) is 17.1 Å². The van der Waals surface area contributed by atoms with Crippen LogP contribution in [0.1, 0.15) is 83.5 Å². The van der Waals surface area contributed by atoms with Gasteiger partial charge in [0, 0.05) is 91.9 Å². The number of methoxy groups -OCH3 is 1. The average molecular weight is 1350 g/mol. The number of anilines is 2. The minimum absolute atomic E-state index is 0.0107. The highest BCUT2D eigenvalue weighted by atomic mass is 35.5. The van der Waals surface area contributed by atoms with Gasteiger partial charge in [-0.05, 0) is 83.5 Å². The molecular formula is C69H74ClN11O16. The van der Waals surface area contributed by atoms with E-state index in [-0.39, 0.29) is 61.6 Å². The number of hydrogen-bond donors (Lipinski definition) is 9. The molecule has 0 bridgehead atoms. The zero-order valence-corrected chi connectivity index (χ0v) is 54.0. The lowest BCUT2D eigenvalue weighted by atomic mass is 9.92. The first-order valence-electron chi connectivity index (χ1n) is 31.7. The van der Waals surface area contributed by atoms with Gasteiger partial charge in [0.25, 0.3) is 23.6 Å². The summed E-state index contributed by atoms with van der Waals surface area (Å²) in [6.45, 7) is -0.582. The van der Waals surface area contributed by atoms with Crippen LogP contribution in [0.3, 0.4) is 0 Å². The van der Waals surface area contributed by atoms with E-state index >= 15 is 0 Å². The molecule has 1 saturated carbocycles. The Kier molecular flexibility index (Phi) is 22.7. The maximum Gasteiger partial charge on any atom is 0.317 e. The molecule has 10 amide bonds. The summed E-state index contributed by atoms with van der Waals surface area (Å²) >= 11 is 6.44. The van der Waals surface area contributed by atoms with Gasteiger partial charge in [-0.1, -0.05) is 73.5 Å². The summed E-state index contributed by atoms with van der Waals surface area (Å²) < 4.78 is 17.8. The number of amides is 10. The Morgan fingerprint density at radius 1 is 0.784 bits per heavy atom. The molecule has 5 aromatic carbocycles. The molecule has 4 heterocycles. The van der Waals surface area contributed by atoms with Crippen molar-refractivity contribution in [3.05, 3.63) is 137 Å². The number of halogens is 1. The second kappa shape index (κ2) is 31.8. The molecule has 1 aliphatic carbocycles. The van der Waals surface area contributed by atoms with Crippen LogP contribution in [0, 0.1) is 12.8 Å². The number of aryl methyl sites for hydroxylation is 1. The molecule has 508 valence electrons. The van der Waals surface area contributed by atoms with Crippen LogP contribution in [0.2, 0.25) is 0 Å². The number of carboxylic acids is 1. The Bertz CT molecular complexity index is 3970. The number of nitrogens with one attached hydrogen (secondary N) is 7. The topological polar surface area (TPSA) is 362 Å². The number of fused-ring (bicyclic) bond motifs is 5. The molecule has 10 rings (SSSR count). The Morgan fingerprint density at radius 3 is 2.22 bits per heavy atom. The maximum absolute atomic E-state index is 14.2. The van der Waals surface area contributed by atoms with E-state index in [9.17, 15) is 57.8 Å². The molecule has 27 nitrogen and oxygen atoms in total. The van der Waals surface area contributed by atoms with Crippen LogP contribution in [-0.2, 0) is 59.1 Å². The van der Waals surface area contributed by atoms with Gasteiger partial charge in [0.05, 0.1) is 62.9 Å². The van der Waals surface area contributed by atoms with Crippen molar-refractivity contribution in [3.63, 3.8) is 0 Å². The van der Waals surface area contributed by atoms with E-state index in [2.05, 4.69) is 37.2 Å². The lowest BCUT2D eigenvalue weighted by molar-refractivity contribution is -0.145. The fourth-order valence-electron chi connectivity index (χ4n) is 12.0. The van der Waals surface area contributed by atoms with E-state index in [4.69, 9.17) is 35.9 Å². The smallest absolute Gasteiger partial charge is 0.317 e. The van der Waals surface area contributed by atoms with Crippen molar-refractivity contribution >= 4 is 116 Å². The van der Waals surface area contributed by atoms with Crippen molar-refractivity contribution in [3.8, 4) is 17.2 Å². The number of aromatic hydroxyl groups is 1. The van der Waals surface area contributed by atoms with Crippen molar-refractivity contribution in [2.24, 2.45) is 10.9 Å². The second-order valence-corrected chi connectivity index (χ2v) is 24.3. The lowest BCUT2D eigenvalue weighted by Crippen LogP contribution is -2.56. The first-order valence-corrected chi connectivity index (χ1v) is 32.3. The van der Waals surface area contributed by atoms with Gasteiger partial charge in [0.2, 0.25) is 35.4 Å². The Balaban J connectivity index is 0.662. The van der Waals surface area contributed by atoms with E-state index in [1.54, 1.807) is 82.9 Å². The van der Waals surface area contributed by atoms with Crippen LogP contribution in [0.15, 0.2) is 114 Å². The normalized spacial score (nSPS) is 16.9. The first-order chi connectivity index (χ1) is 46.8. The van der Waals surface area contributed by atoms with Gasteiger partial charge in [0.15, 0.2) is 11.5 Å². The summed E-state index contributed by atoms with van der Waals surface area (Å²) in [5, 5.41) is 39.1. The summed E-state index contributed by atoms with van der Waals surface area (Å²) in [4.78, 5) is 151. The van der Waals surface area contributed by atoms with E-state index in [1.165, 1.54) is 7.11 Å². The van der Waals surface area contributed by atoms with Crippen molar-refractivity contribution < 1.29 is 77.2 Å². The number of benzene rings is 5. The number of carbonyl (C=O) groups is 11. The van der Waals surface area contributed by atoms with Crippen LogP contribution in [0.5, 0.6) is 17.2 Å². The molecule has 97 heavy (non-hydrogen) atoms.